The maximum atomic E-state index is 11.2. The van der Waals surface area contributed by atoms with Gasteiger partial charge < -0.3 is 5.11 Å². The molecule has 0 aliphatic carbocycles. The van der Waals surface area contributed by atoms with Crippen molar-refractivity contribution in [3.8, 4) is 22.4 Å². The third kappa shape index (κ3) is 2.98. The Balaban J connectivity index is 1.68. The Bertz CT molecular complexity index is 1140. The molecule has 6 nitrogen and oxygen atoms in total. The van der Waals surface area contributed by atoms with E-state index in [0.29, 0.717) is 11.3 Å². The van der Waals surface area contributed by atoms with Gasteiger partial charge in [-0.3, -0.25) is 4.98 Å². The van der Waals surface area contributed by atoms with E-state index in [2.05, 4.69) is 26.9 Å². The minimum absolute atomic E-state index is 0.0787. The summed E-state index contributed by atoms with van der Waals surface area (Å²) in [5.74, 6) is 5.12. The average Bonchev–Trinajstić information content (AvgIpc) is 3.27. The molecule has 4 heterocycles. The zero-order chi connectivity index (χ0) is 17.2. The normalized spacial score (nSPS) is 10.4. The fraction of sp³-hybridized carbons (Fsp3) is 0. The van der Waals surface area contributed by atoms with Crippen molar-refractivity contribution in [1.82, 2.24) is 19.6 Å². The quantitative estimate of drug-likeness (QED) is 0.565. The molecule has 4 aromatic rings. The van der Waals surface area contributed by atoms with Gasteiger partial charge in [0.15, 0.2) is 5.65 Å². The van der Waals surface area contributed by atoms with Crippen LogP contribution in [0.15, 0.2) is 55.1 Å². The molecule has 0 saturated carbocycles. The molecule has 0 fully saturated rings. The van der Waals surface area contributed by atoms with Crippen LogP contribution in [-0.4, -0.2) is 30.7 Å². The molecule has 0 aliphatic rings. The number of carboxylic acid groups (broad SMARTS) is 1. The molecule has 1 N–H and O–H groups in total. The van der Waals surface area contributed by atoms with Crippen LogP contribution in [0.5, 0.6) is 0 Å². The average molecular weight is 346 g/mol. The first-order chi connectivity index (χ1) is 12.2. The molecule has 4 rings (SSSR count). The Hall–Kier alpha value is -3.50. The summed E-state index contributed by atoms with van der Waals surface area (Å²) in [6.07, 6.45) is 6.42. The molecule has 0 aromatic carbocycles. The van der Waals surface area contributed by atoms with Crippen LogP contribution < -0.4 is 0 Å². The molecular weight excluding hydrogens is 336 g/mol. The number of aromatic nitrogens is 4. The fourth-order valence-electron chi connectivity index (χ4n) is 2.27. The number of nitrogens with zero attached hydrogens (tertiary/aromatic N) is 4. The van der Waals surface area contributed by atoms with E-state index < -0.39 is 5.97 Å². The highest BCUT2D eigenvalue weighted by molar-refractivity contribution is 7.16. The van der Waals surface area contributed by atoms with Gasteiger partial charge in [-0.15, -0.1) is 11.3 Å². The lowest BCUT2D eigenvalue weighted by Gasteiger charge is -1.98. The van der Waals surface area contributed by atoms with E-state index in [-0.39, 0.29) is 5.56 Å². The number of hydrogen-bond donors (Lipinski definition) is 1. The van der Waals surface area contributed by atoms with Gasteiger partial charge in [0.1, 0.15) is 5.56 Å². The highest BCUT2D eigenvalue weighted by Gasteiger charge is 2.14. The maximum absolute atomic E-state index is 11.2. The SMILES string of the molecule is O=C(O)c1cnn2ccc(-c3ccc(C#Cc4cccnc4)s3)nc12. The molecule has 0 spiro atoms. The molecule has 25 heavy (non-hydrogen) atoms. The molecule has 4 aromatic heterocycles. The topological polar surface area (TPSA) is 80.4 Å². The zero-order valence-corrected chi connectivity index (χ0v) is 13.6. The fourth-order valence-corrected chi connectivity index (χ4v) is 3.10. The summed E-state index contributed by atoms with van der Waals surface area (Å²) in [6, 6.07) is 9.39. The molecule has 120 valence electrons. The molecule has 0 bridgehead atoms. The van der Waals surface area contributed by atoms with Crippen LogP contribution >= 0.6 is 11.3 Å². The van der Waals surface area contributed by atoms with Crippen molar-refractivity contribution in [2.45, 2.75) is 0 Å². The van der Waals surface area contributed by atoms with Gasteiger partial charge in [-0.05, 0) is 30.3 Å². The first-order valence-electron chi connectivity index (χ1n) is 7.30. The molecule has 0 radical (unpaired) electrons. The lowest BCUT2D eigenvalue weighted by Crippen LogP contribution is -1.98. The van der Waals surface area contributed by atoms with Crippen molar-refractivity contribution in [2.24, 2.45) is 0 Å². The number of fused-ring (bicyclic) bond motifs is 1. The number of pyridine rings is 1. The minimum atomic E-state index is -1.05. The van der Waals surface area contributed by atoms with Crippen molar-refractivity contribution in [3.63, 3.8) is 0 Å². The van der Waals surface area contributed by atoms with Crippen LogP contribution in [0.1, 0.15) is 20.8 Å². The molecule has 0 atom stereocenters. The van der Waals surface area contributed by atoms with Crippen LogP contribution in [-0.2, 0) is 0 Å². The molecule has 0 unspecified atom stereocenters. The Morgan fingerprint density at radius 1 is 1.16 bits per heavy atom. The lowest BCUT2D eigenvalue weighted by atomic mass is 10.3. The second-order valence-corrected chi connectivity index (χ2v) is 6.18. The summed E-state index contributed by atoms with van der Waals surface area (Å²) >= 11 is 1.50. The van der Waals surface area contributed by atoms with Crippen LogP contribution in [0.25, 0.3) is 16.2 Å². The van der Waals surface area contributed by atoms with Gasteiger partial charge in [0.25, 0.3) is 0 Å². The predicted molar refractivity (Wildman–Crippen MR) is 93.5 cm³/mol. The van der Waals surface area contributed by atoms with E-state index in [1.165, 1.54) is 22.0 Å². The van der Waals surface area contributed by atoms with Gasteiger partial charge in [0.05, 0.1) is 21.6 Å². The maximum Gasteiger partial charge on any atom is 0.341 e. The van der Waals surface area contributed by atoms with Gasteiger partial charge in [0.2, 0.25) is 0 Å². The van der Waals surface area contributed by atoms with Crippen molar-refractivity contribution < 1.29 is 9.90 Å². The number of hydrogen-bond acceptors (Lipinski definition) is 5. The number of thiophene rings is 1. The van der Waals surface area contributed by atoms with E-state index in [1.54, 1.807) is 24.7 Å². The Morgan fingerprint density at radius 3 is 2.88 bits per heavy atom. The molecular formula is C18H10N4O2S. The van der Waals surface area contributed by atoms with Crippen LogP contribution in [0.2, 0.25) is 0 Å². The van der Waals surface area contributed by atoms with Crippen molar-refractivity contribution in [3.05, 3.63) is 71.1 Å². The second kappa shape index (κ2) is 6.19. The van der Waals surface area contributed by atoms with Gasteiger partial charge in [-0.25, -0.2) is 14.3 Å². The summed E-state index contributed by atoms with van der Waals surface area (Å²) in [4.78, 5) is 21.5. The van der Waals surface area contributed by atoms with Gasteiger partial charge in [-0.2, -0.15) is 5.10 Å². The van der Waals surface area contributed by atoms with E-state index in [9.17, 15) is 9.90 Å². The van der Waals surface area contributed by atoms with Gasteiger partial charge in [-0.1, -0.05) is 11.8 Å². The van der Waals surface area contributed by atoms with Crippen molar-refractivity contribution in [1.29, 1.82) is 0 Å². The molecule has 0 saturated heterocycles. The van der Waals surface area contributed by atoms with Gasteiger partial charge >= 0.3 is 5.97 Å². The highest BCUT2D eigenvalue weighted by Crippen LogP contribution is 2.27. The smallest absolute Gasteiger partial charge is 0.341 e. The number of carboxylic acids is 1. The van der Waals surface area contributed by atoms with E-state index in [1.807, 2.05) is 24.3 Å². The lowest BCUT2D eigenvalue weighted by molar-refractivity contribution is 0.0699. The molecule has 7 heteroatoms. The van der Waals surface area contributed by atoms with E-state index in [0.717, 1.165) is 15.3 Å². The zero-order valence-electron chi connectivity index (χ0n) is 12.7. The Labute approximate surface area is 146 Å². The number of aromatic carboxylic acids is 1. The van der Waals surface area contributed by atoms with Crippen LogP contribution in [0, 0.1) is 11.8 Å². The summed E-state index contributed by atoms with van der Waals surface area (Å²) in [5.41, 5.74) is 1.94. The minimum Gasteiger partial charge on any atom is -0.477 e. The van der Waals surface area contributed by atoms with Crippen LogP contribution in [0.4, 0.5) is 0 Å². The second-order valence-electron chi connectivity index (χ2n) is 5.10. The third-order valence-corrected chi connectivity index (χ3v) is 4.47. The predicted octanol–water partition coefficient (Wildman–Crippen LogP) is 2.95. The Morgan fingerprint density at radius 2 is 2.08 bits per heavy atom. The monoisotopic (exact) mass is 346 g/mol. The number of rotatable bonds is 2. The van der Waals surface area contributed by atoms with Crippen molar-refractivity contribution in [2.75, 3.05) is 0 Å². The van der Waals surface area contributed by atoms with E-state index in [4.69, 9.17) is 0 Å². The van der Waals surface area contributed by atoms with Crippen molar-refractivity contribution >= 4 is 23.0 Å². The third-order valence-electron chi connectivity index (χ3n) is 3.45. The summed E-state index contributed by atoms with van der Waals surface area (Å²) in [6.45, 7) is 0. The molecule has 0 aliphatic heterocycles. The van der Waals surface area contributed by atoms with E-state index >= 15 is 0 Å². The first-order valence-corrected chi connectivity index (χ1v) is 8.12. The largest absolute Gasteiger partial charge is 0.477 e. The van der Waals surface area contributed by atoms with Gasteiger partial charge in [0, 0.05) is 24.2 Å². The first kappa shape index (κ1) is 15.1. The summed E-state index contributed by atoms with van der Waals surface area (Å²) < 4.78 is 1.45. The summed E-state index contributed by atoms with van der Waals surface area (Å²) in [7, 11) is 0. The van der Waals surface area contributed by atoms with Crippen LogP contribution in [0.3, 0.4) is 0 Å². The Kier molecular flexibility index (Phi) is 3.72. The summed E-state index contributed by atoms with van der Waals surface area (Å²) in [5, 5.41) is 13.2. The molecule has 0 amide bonds. The number of carbonyl (C=O) groups is 1. The highest BCUT2D eigenvalue weighted by atomic mass is 32.1. The standard InChI is InChI=1S/C18H10N4O2S/c23-18(24)14-11-20-22-9-7-15(21-17(14)22)16-6-5-13(25-16)4-3-12-2-1-8-19-10-12/h1-2,5-11H,(H,23,24).